The first-order chi connectivity index (χ1) is 15.1. The number of nitrogens with zero attached hydrogens (tertiary/aromatic N) is 2. The third kappa shape index (κ3) is 5.10. The molecule has 5 heteroatoms. The zero-order chi connectivity index (χ0) is 21.6. The van der Waals surface area contributed by atoms with Gasteiger partial charge < -0.3 is 9.64 Å². The van der Waals surface area contributed by atoms with E-state index in [1.54, 1.807) is 25.4 Å². The molecule has 0 radical (unpaired) electrons. The van der Waals surface area contributed by atoms with E-state index >= 15 is 0 Å². The number of aryl methyl sites for hydroxylation is 1. The molecule has 3 aromatic rings. The Morgan fingerprint density at radius 3 is 2.58 bits per heavy atom. The maximum absolute atomic E-state index is 13.9. The van der Waals surface area contributed by atoms with Crippen molar-refractivity contribution in [3.05, 3.63) is 95.1 Å². The zero-order valence-corrected chi connectivity index (χ0v) is 17.8. The van der Waals surface area contributed by atoms with Crippen LogP contribution in [0.3, 0.4) is 0 Å². The van der Waals surface area contributed by atoms with Gasteiger partial charge in [0.15, 0.2) is 0 Å². The first-order valence-corrected chi connectivity index (χ1v) is 10.7. The van der Waals surface area contributed by atoms with Gasteiger partial charge in [-0.1, -0.05) is 36.4 Å². The molecule has 31 heavy (non-hydrogen) atoms. The SMILES string of the molecule is COc1ccc(CCC(=O)N2CCC[C@H]2c2ccc(Cc3ccccc3F)cn2)cc1. The average Bonchev–Trinajstić information content (AvgIpc) is 3.30. The first-order valence-electron chi connectivity index (χ1n) is 10.7. The summed E-state index contributed by atoms with van der Waals surface area (Å²) < 4.78 is 19.1. The smallest absolute Gasteiger partial charge is 0.223 e. The lowest BCUT2D eigenvalue weighted by molar-refractivity contribution is -0.132. The molecule has 1 aliphatic heterocycles. The molecule has 0 unspecified atom stereocenters. The van der Waals surface area contributed by atoms with E-state index in [-0.39, 0.29) is 17.8 Å². The third-order valence-electron chi connectivity index (χ3n) is 5.90. The van der Waals surface area contributed by atoms with Crippen LogP contribution in [0, 0.1) is 5.82 Å². The minimum atomic E-state index is -0.198. The summed E-state index contributed by atoms with van der Waals surface area (Å²) >= 11 is 0. The lowest BCUT2D eigenvalue weighted by Gasteiger charge is -2.24. The van der Waals surface area contributed by atoms with Gasteiger partial charge in [0.05, 0.1) is 18.8 Å². The second kappa shape index (κ2) is 9.73. The highest BCUT2D eigenvalue weighted by Gasteiger charge is 2.30. The number of benzene rings is 2. The van der Waals surface area contributed by atoms with Crippen LogP contribution in [0.1, 0.15) is 47.7 Å². The van der Waals surface area contributed by atoms with Gasteiger partial charge in [-0.15, -0.1) is 0 Å². The number of rotatable bonds is 7. The van der Waals surface area contributed by atoms with Gasteiger partial charge >= 0.3 is 0 Å². The summed E-state index contributed by atoms with van der Waals surface area (Å²) in [6.07, 6.45) is 5.41. The lowest BCUT2D eigenvalue weighted by Crippen LogP contribution is -2.31. The monoisotopic (exact) mass is 418 g/mol. The molecule has 1 amide bonds. The van der Waals surface area contributed by atoms with Crippen LogP contribution in [0.25, 0.3) is 0 Å². The Kier molecular flexibility index (Phi) is 6.60. The van der Waals surface area contributed by atoms with Crippen LogP contribution in [0.15, 0.2) is 66.9 Å². The standard InChI is InChI=1S/C26H27FN2O2/c1-31-22-12-8-19(9-13-22)11-15-26(30)29-16-4-7-25(29)24-14-10-20(18-28-24)17-21-5-2-3-6-23(21)27/h2-3,5-6,8-10,12-14,18,25H,4,7,11,15-17H2,1H3/t25-/m0/s1. The zero-order valence-electron chi connectivity index (χ0n) is 17.8. The van der Waals surface area contributed by atoms with E-state index in [4.69, 9.17) is 4.74 Å². The number of halogens is 1. The van der Waals surface area contributed by atoms with E-state index in [1.165, 1.54) is 6.07 Å². The topological polar surface area (TPSA) is 42.4 Å². The van der Waals surface area contributed by atoms with Crippen molar-refractivity contribution in [3.63, 3.8) is 0 Å². The molecule has 160 valence electrons. The Hall–Kier alpha value is -3.21. The molecule has 2 aromatic carbocycles. The number of likely N-dealkylation sites (tertiary alicyclic amines) is 1. The normalized spacial score (nSPS) is 15.8. The van der Waals surface area contributed by atoms with E-state index in [2.05, 4.69) is 4.98 Å². The number of carbonyl (C=O) groups is 1. The van der Waals surface area contributed by atoms with E-state index in [9.17, 15) is 9.18 Å². The van der Waals surface area contributed by atoms with E-state index < -0.39 is 0 Å². The molecule has 1 fully saturated rings. The van der Waals surface area contributed by atoms with Crippen LogP contribution in [0.4, 0.5) is 4.39 Å². The minimum Gasteiger partial charge on any atom is -0.497 e. The second-order valence-electron chi connectivity index (χ2n) is 7.95. The molecule has 0 aliphatic carbocycles. The summed E-state index contributed by atoms with van der Waals surface area (Å²) in [6.45, 7) is 0.769. The van der Waals surface area contributed by atoms with E-state index in [0.29, 0.717) is 24.8 Å². The molecule has 0 saturated carbocycles. The van der Waals surface area contributed by atoms with Crippen LogP contribution >= 0.6 is 0 Å². The largest absolute Gasteiger partial charge is 0.497 e. The number of pyridine rings is 1. The number of hydrogen-bond acceptors (Lipinski definition) is 3. The fraction of sp³-hybridized carbons (Fsp3) is 0.308. The molecule has 1 atom stereocenters. The number of hydrogen-bond donors (Lipinski definition) is 0. The van der Waals surface area contributed by atoms with Crippen molar-refractivity contribution in [1.29, 1.82) is 0 Å². The first kappa shape index (κ1) is 21.0. The van der Waals surface area contributed by atoms with Crippen LogP contribution in [-0.2, 0) is 17.6 Å². The fourth-order valence-corrected chi connectivity index (χ4v) is 4.16. The molecular weight excluding hydrogens is 391 g/mol. The molecule has 4 rings (SSSR count). The molecule has 0 bridgehead atoms. The summed E-state index contributed by atoms with van der Waals surface area (Å²) in [5, 5.41) is 0. The van der Waals surface area contributed by atoms with Gasteiger partial charge in [0.25, 0.3) is 0 Å². The second-order valence-corrected chi connectivity index (χ2v) is 7.95. The highest BCUT2D eigenvalue weighted by molar-refractivity contribution is 5.77. The van der Waals surface area contributed by atoms with Crippen molar-refractivity contribution >= 4 is 5.91 Å². The number of carbonyl (C=O) groups excluding carboxylic acids is 1. The maximum Gasteiger partial charge on any atom is 0.223 e. The predicted molar refractivity (Wildman–Crippen MR) is 118 cm³/mol. The van der Waals surface area contributed by atoms with Gasteiger partial charge in [0.1, 0.15) is 11.6 Å². The lowest BCUT2D eigenvalue weighted by atomic mass is 10.0. The Balaban J connectivity index is 1.38. The molecule has 0 spiro atoms. The predicted octanol–water partition coefficient (Wildman–Crippen LogP) is 5.12. The van der Waals surface area contributed by atoms with Crippen molar-refractivity contribution < 1.29 is 13.9 Å². The van der Waals surface area contributed by atoms with Crippen LogP contribution in [-0.4, -0.2) is 29.4 Å². The average molecular weight is 419 g/mol. The summed E-state index contributed by atoms with van der Waals surface area (Å²) in [6, 6.07) is 18.7. The molecule has 4 nitrogen and oxygen atoms in total. The van der Waals surface area contributed by atoms with Crippen LogP contribution in [0.5, 0.6) is 5.75 Å². The van der Waals surface area contributed by atoms with Gasteiger partial charge in [-0.3, -0.25) is 9.78 Å². The van der Waals surface area contributed by atoms with Crippen LogP contribution < -0.4 is 4.74 Å². The number of ether oxygens (including phenoxy) is 1. The van der Waals surface area contributed by atoms with Gasteiger partial charge in [-0.05, 0) is 60.2 Å². The van der Waals surface area contributed by atoms with Crippen LogP contribution in [0.2, 0.25) is 0 Å². The quantitative estimate of drug-likeness (QED) is 0.535. The van der Waals surface area contributed by atoms with Gasteiger partial charge in [-0.25, -0.2) is 4.39 Å². The van der Waals surface area contributed by atoms with E-state index in [1.807, 2.05) is 47.4 Å². The maximum atomic E-state index is 13.9. The summed E-state index contributed by atoms with van der Waals surface area (Å²) in [4.78, 5) is 19.5. The molecule has 0 N–H and O–H groups in total. The minimum absolute atomic E-state index is 0.0193. The van der Waals surface area contributed by atoms with E-state index in [0.717, 1.165) is 42.0 Å². The van der Waals surface area contributed by atoms with Crippen molar-refractivity contribution in [2.75, 3.05) is 13.7 Å². The molecular formula is C26H27FN2O2. The molecule has 2 heterocycles. The highest BCUT2D eigenvalue weighted by Crippen LogP contribution is 2.31. The Labute approximate surface area is 182 Å². The molecule has 1 saturated heterocycles. The van der Waals surface area contributed by atoms with Crippen molar-refractivity contribution in [1.82, 2.24) is 9.88 Å². The number of aromatic nitrogens is 1. The molecule has 1 aliphatic rings. The van der Waals surface area contributed by atoms with Crippen molar-refractivity contribution in [2.24, 2.45) is 0 Å². The van der Waals surface area contributed by atoms with Gasteiger partial charge in [0, 0.05) is 25.6 Å². The Morgan fingerprint density at radius 2 is 1.87 bits per heavy atom. The van der Waals surface area contributed by atoms with Gasteiger partial charge in [-0.2, -0.15) is 0 Å². The Bertz CT molecular complexity index is 1020. The van der Waals surface area contributed by atoms with Crippen molar-refractivity contribution in [3.8, 4) is 5.75 Å². The third-order valence-corrected chi connectivity index (χ3v) is 5.90. The molecule has 1 aromatic heterocycles. The summed E-state index contributed by atoms with van der Waals surface area (Å²) in [5.41, 5.74) is 3.66. The number of methoxy groups -OCH3 is 1. The summed E-state index contributed by atoms with van der Waals surface area (Å²) in [5.74, 6) is 0.783. The summed E-state index contributed by atoms with van der Waals surface area (Å²) in [7, 11) is 1.65. The van der Waals surface area contributed by atoms with Crippen molar-refractivity contribution in [2.45, 2.75) is 38.1 Å². The highest BCUT2D eigenvalue weighted by atomic mass is 19.1. The number of amides is 1. The van der Waals surface area contributed by atoms with Gasteiger partial charge in [0.2, 0.25) is 5.91 Å². The Morgan fingerprint density at radius 1 is 1.10 bits per heavy atom. The fourth-order valence-electron chi connectivity index (χ4n) is 4.16.